The van der Waals surface area contributed by atoms with Crippen molar-refractivity contribution in [1.82, 2.24) is 5.32 Å². The van der Waals surface area contributed by atoms with E-state index in [1.54, 1.807) is 12.1 Å². The van der Waals surface area contributed by atoms with Gasteiger partial charge in [-0.2, -0.15) is 0 Å². The van der Waals surface area contributed by atoms with Crippen LogP contribution in [0.2, 0.25) is 0 Å². The summed E-state index contributed by atoms with van der Waals surface area (Å²) in [5, 5.41) is 13.0. The molecule has 1 amide bonds. The Morgan fingerprint density at radius 2 is 2.18 bits per heavy atom. The van der Waals surface area contributed by atoms with Crippen LogP contribution in [-0.2, 0) is 4.79 Å². The summed E-state index contributed by atoms with van der Waals surface area (Å²) in [4.78, 5) is 12.4. The maximum Gasteiger partial charge on any atom is 0.231 e. The fourth-order valence-electron chi connectivity index (χ4n) is 2.71. The Bertz CT molecular complexity index is 638. The van der Waals surface area contributed by atoms with E-state index < -0.39 is 6.10 Å². The number of aliphatic hydroxyl groups excluding tert-OH is 1. The number of furan rings is 1. The molecule has 0 bridgehead atoms. The van der Waals surface area contributed by atoms with Crippen molar-refractivity contribution in [3.05, 3.63) is 54.0 Å². The third-order valence-electron chi connectivity index (χ3n) is 3.85. The number of hydrogen-bond donors (Lipinski definition) is 2. The summed E-state index contributed by atoms with van der Waals surface area (Å²) >= 11 is 0. The second-order valence-electron chi connectivity index (χ2n) is 5.58. The molecule has 2 aromatic rings. The molecule has 3 unspecified atom stereocenters. The molecule has 2 heterocycles. The number of para-hydroxylation sites is 1. The Morgan fingerprint density at radius 3 is 2.95 bits per heavy atom. The Kier molecular flexibility index (Phi) is 4.15. The largest absolute Gasteiger partial charge is 0.492 e. The van der Waals surface area contributed by atoms with Gasteiger partial charge >= 0.3 is 0 Å². The number of fused-ring (bicyclic) bond motifs is 1. The summed E-state index contributed by atoms with van der Waals surface area (Å²) in [5.74, 6) is 0.907. The van der Waals surface area contributed by atoms with Crippen molar-refractivity contribution in [2.45, 2.75) is 31.4 Å². The zero-order chi connectivity index (χ0) is 15.5. The summed E-state index contributed by atoms with van der Waals surface area (Å²) in [6, 6.07) is 10.9. The highest BCUT2D eigenvalue weighted by Gasteiger charge is 2.30. The summed E-state index contributed by atoms with van der Waals surface area (Å²) in [6.07, 6.45) is 1.20. The van der Waals surface area contributed by atoms with Gasteiger partial charge in [-0.3, -0.25) is 4.79 Å². The van der Waals surface area contributed by atoms with Crippen molar-refractivity contribution in [3.63, 3.8) is 0 Å². The molecule has 0 saturated carbocycles. The van der Waals surface area contributed by atoms with Gasteiger partial charge < -0.3 is 19.6 Å². The molecular formula is C17H19NO4. The normalized spacial score (nSPS) is 19.1. The second kappa shape index (κ2) is 6.23. The number of rotatable bonds is 5. The van der Waals surface area contributed by atoms with E-state index in [4.69, 9.17) is 9.15 Å². The minimum absolute atomic E-state index is 0.0795. The smallest absolute Gasteiger partial charge is 0.231 e. The minimum Gasteiger partial charge on any atom is -0.492 e. The first-order chi connectivity index (χ1) is 10.6. The number of amides is 1. The van der Waals surface area contributed by atoms with Crippen LogP contribution in [0.1, 0.15) is 36.7 Å². The van der Waals surface area contributed by atoms with Crippen LogP contribution in [0.5, 0.6) is 5.75 Å². The number of nitrogens with one attached hydrogen (secondary N) is 1. The Balaban J connectivity index is 1.58. The lowest BCUT2D eigenvalue weighted by molar-refractivity contribution is -0.123. The van der Waals surface area contributed by atoms with Crippen LogP contribution in [0.4, 0.5) is 0 Å². The van der Waals surface area contributed by atoms with E-state index in [1.165, 1.54) is 6.26 Å². The molecule has 0 fully saturated rings. The molecule has 5 heteroatoms. The topological polar surface area (TPSA) is 71.7 Å². The molecule has 3 rings (SSSR count). The van der Waals surface area contributed by atoms with Gasteiger partial charge in [0.2, 0.25) is 5.91 Å². The maximum absolute atomic E-state index is 12.4. The first-order valence-electron chi connectivity index (χ1n) is 7.38. The van der Waals surface area contributed by atoms with Gasteiger partial charge in [-0.25, -0.2) is 0 Å². The molecule has 22 heavy (non-hydrogen) atoms. The average molecular weight is 301 g/mol. The molecule has 3 atom stereocenters. The summed E-state index contributed by atoms with van der Waals surface area (Å²) in [6.45, 7) is 2.23. The lowest BCUT2D eigenvalue weighted by atomic mass is 9.99. The predicted octanol–water partition coefficient (Wildman–Crippen LogP) is 2.38. The van der Waals surface area contributed by atoms with E-state index in [0.717, 1.165) is 11.3 Å². The Morgan fingerprint density at radius 1 is 1.36 bits per heavy atom. The first kappa shape index (κ1) is 14.7. The van der Waals surface area contributed by atoms with E-state index in [-0.39, 0.29) is 17.9 Å². The van der Waals surface area contributed by atoms with Gasteiger partial charge in [-0.1, -0.05) is 18.2 Å². The highest BCUT2D eigenvalue weighted by Crippen LogP contribution is 2.33. The zero-order valence-corrected chi connectivity index (χ0v) is 12.4. The first-order valence-corrected chi connectivity index (χ1v) is 7.38. The molecule has 0 spiro atoms. The molecule has 1 aliphatic rings. The van der Waals surface area contributed by atoms with Crippen LogP contribution < -0.4 is 10.1 Å². The van der Waals surface area contributed by atoms with Gasteiger partial charge in [-0.15, -0.1) is 0 Å². The van der Waals surface area contributed by atoms with E-state index in [9.17, 15) is 9.90 Å². The molecule has 0 radical (unpaired) electrons. The van der Waals surface area contributed by atoms with Crippen LogP contribution in [0.15, 0.2) is 47.1 Å². The second-order valence-corrected chi connectivity index (χ2v) is 5.58. The molecule has 1 aromatic heterocycles. The highest BCUT2D eigenvalue weighted by molar-refractivity contribution is 5.85. The molecule has 1 aromatic carbocycles. The van der Waals surface area contributed by atoms with E-state index >= 15 is 0 Å². The predicted molar refractivity (Wildman–Crippen MR) is 80.6 cm³/mol. The van der Waals surface area contributed by atoms with Crippen molar-refractivity contribution < 1.29 is 19.1 Å². The van der Waals surface area contributed by atoms with E-state index in [2.05, 4.69) is 5.32 Å². The van der Waals surface area contributed by atoms with Crippen molar-refractivity contribution in [2.24, 2.45) is 0 Å². The average Bonchev–Trinajstić information content (AvgIpc) is 3.16. The van der Waals surface area contributed by atoms with Crippen molar-refractivity contribution in [3.8, 4) is 5.75 Å². The van der Waals surface area contributed by atoms with Crippen molar-refractivity contribution >= 4 is 5.91 Å². The van der Waals surface area contributed by atoms with E-state index in [1.807, 2.05) is 31.2 Å². The van der Waals surface area contributed by atoms with Crippen LogP contribution in [-0.4, -0.2) is 23.7 Å². The third kappa shape index (κ3) is 2.99. The molecule has 1 aliphatic heterocycles. The Hall–Kier alpha value is -2.27. The number of aliphatic hydroxyl groups is 1. The lowest BCUT2D eigenvalue weighted by Crippen LogP contribution is -2.37. The van der Waals surface area contributed by atoms with Crippen molar-refractivity contribution in [2.75, 3.05) is 6.61 Å². The fourth-order valence-corrected chi connectivity index (χ4v) is 2.71. The zero-order valence-electron chi connectivity index (χ0n) is 12.4. The maximum atomic E-state index is 12.4. The Labute approximate surface area is 128 Å². The molecule has 0 saturated heterocycles. The minimum atomic E-state index is -0.725. The third-order valence-corrected chi connectivity index (χ3v) is 3.85. The van der Waals surface area contributed by atoms with Gasteiger partial charge in [0.25, 0.3) is 0 Å². The van der Waals surface area contributed by atoms with Crippen LogP contribution in [0.3, 0.4) is 0 Å². The summed E-state index contributed by atoms with van der Waals surface area (Å²) in [7, 11) is 0. The van der Waals surface area contributed by atoms with Gasteiger partial charge in [0.1, 0.15) is 30.1 Å². The van der Waals surface area contributed by atoms with Crippen molar-refractivity contribution in [1.29, 1.82) is 0 Å². The standard InChI is InChI=1S/C17H19NO4/c1-11(9-14(19)16-7-4-8-21-16)18-17(20)13-10-22-15-6-3-2-5-12(13)15/h2-8,11,13-14,19H,9-10H2,1H3,(H,18,20). The molecule has 2 N–H and O–H groups in total. The molecule has 116 valence electrons. The van der Waals surface area contributed by atoms with Gasteiger partial charge in [0, 0.05) is 18.0 Å². The SMILES string of the molecule is CC(CC(O)c1ccco1)NC(=O)C1COc2ccccc21. The molecule has 5 nitrogen and oxygen atoms in total. The van der Waals surface area contributed by atoms with Gasteiger partial charge in [-0.05, 0) is 25.1 Å². The lowest BCUT2D eigenvalue weighted by Gasteiger charge is -2.18. The summed E-state index contributed by atoms with van der Waals surface area (Å²) in [5.41, 5.74) is 0.916. The van der Waals surface area contributed by atoms with Crippen LogP contribution in [0.25, 0.3) is 0 Å². The summed E-state index contributed by atoms with van der Waals surface area (Å²) < 4.78 is 10.7. The van der Waals surface area contributed by atoms with Crippen LogP contribution >= 0.6 is 0 Å². The van der Waals surface area contributed by atoms with E-state index in [0.29, 0.717) is 18.8 Å². The van der Waals surface area contributed by atoms with Gasteiger partial charge in [0.05, 0.1) is 6.26 Å². The highest BCUT2D eigenvalue weighted by atomic mass is 16.5. The molecular weight excluding hydrogens is 282 g/mol. The number of benzene rings is 1. The molecule has 0 aliphatic carbocycles. The number of carbonyl (C=O) groups is 1. The number of carbonyl (C=O) groups excluding carboxylic acids is 1. The van der Waals surface area contributed by atoms with Gasteiger partial charge in [0.15, 0.2) is 0 Å². The number of ether oxygens (including phenoxy) is 1. The number of hydrogen-bond acceptors (Lipinski definition) is 4. The monoisotopic (exact) mass is 301 g/mol. The quantitative estimate of drug-likeness (QED) is 0.889. The van der Waals surface area contributed by atoms with Crippen LogP contribution in [0, 0.1) is 0 Å². The fraction of sp³-hybridized carbons (Fsp3) is 0.353.